The van der Waals surface area contributed by atoms with Gasteiger partial charge in [-0.1, -0.05) is 18.2 Å². The number of hydrogen-bond donors (Lipinski definition) is 5. The van der Waals surface area contributed by atoms with E-state index in [4.69, 9.17) is 17.3 Å². The quantitative estimate of drug-likeness (QED) is 0.248. The summed E-state index contributed by atoms with van der Waals surface area (Å²) in [4.78, 5) is 22.9. The maximum Gasteiger partial charge on any atom is 0.335 e. The van der Waals surface area contributed by atoms with Gasteiger partial charge in [0.2, 0.25) is 0 Å². The van der Waals surface area contributed by atoms with E-state index in [1.807, 2.05) is 31.2 Å². The molecule has 128 valence electrons. The molecular formula is C16H22N6O2. The standard InChI is InChI=1S/C9H13N3O.C7H9N3O/c1-7-4-3-5-8(6-7)12(2)9(13)11-10;8-5-2-1-3-6(4-5)10-7(9)11/h3-6H,10H2,1-2H3,(H,11,13);1-4H,8H2,(H3,9,10,11). The summed E-state index contributed by atoms with van der Waals surface area (Å²) >= 11 is 0. The van der Waals surface area contributed by atoms with Crippen LogP contribution in [0.4, 0.5) is 26.7 Å². The van der Waals surface area contributed by atoms with Gasteiger partial charge in [0.25, 0.3) is 0 Å². The zero-order valence-electron chi connectivity index (χ0n) is 13.6. The van der Waals surface area contributed by atoms with Crippen molar-refractivity contribution in [2.75, 3.05) is 23.0 Å². The van der Waals surface area contributed by atoms with E-state index < -0.39 is 6.03 Å². The number of aryl methyl sites for hydroxylation is 1. The summed E-state index contributed by atoms with van der Waals surface area (Å²) in [5.74, 6) is 5.01. The molecule has 2 aromatic carbocycles. The lowest BCUT2D eigenvalue weighted by Gasteiger charge is -2.16. The third-order valence-electron chi connectivity index (χ3n) is 2.97. The summed E-state index contributed by atoms with van der Waals surface area (Å²) in [7, 11) is 1.66. The monoisotopic (exact) mass is 330 g/mol. The molecule has 0 aromatic heterocycles. The average Bonchev–Trinajstić information content (AvgIpc) is 2.53. The maximum absolute atomic E-state index is 11.1. The van der Waals surface area contributed by atoms with E-state index in [1.54, 1.807) is 31.3 Å². The molecule has 0 radical (unpaired) electrons. The average molecular weight is 330 g/mol. The second-order valence-corrected chi connectivity index (χ2v) is 4.96. The van der Waals surface area contributed by atoms with Crippen molar-refractivity contribution < 1.29 is 9.59 Å². The molecule has 0 spiro atoms. The fourth-order valence-corrected chi connectivity index (χ4v) is 1.81. The van der Waals surface area contributed by atoms with Gasteiger partial charge in [0.1, 0.15) is 0 Å². The highest BCUT2D eigenvalue weighted by Gasteiger charge is 2.07. The number of primary amides is 1. The van der Waals surface area contributed by atoms with E-state index in [9.17, 15) is 9.59 Å². The minimum absolute atomic E-state index is 0.328. The molecule has 0 fully saturated rings. The molecule has 0 heterocycles. The minimum atomic E-state index is -0.587. The summed E-state index contributed by atoms with van der Waals surface area (Å²) in [6.45, 7) is 1.97. The van der Waals surface area contributed by atoms with Gasteiger partial charge in [0, 0.05) is 24.1 Å². The van der Waals surface area contributed by atoms with Gasteiger partial charge in [-0.05, 0) is 42.8 Å². The second-order valence-electron chi connectivity index (χ2n) is 4.96. The third-order valence-corrected chi connectivity index (χ3v) is 2.97. The Morgan fingerprint density at radius 3 is 2.29 bits per heavy atom. The summed E-state index contributed by atoms with van der Waals surface area (Å²) < 4.78 is 0. The first-order valence-electron chi connectivity index (χ1n) is 7.06. The number of nitrogens with one attached hydrogen (secondary N) is 2. The third kappa shape index (κ3) is 6.24. The van der Waals surface area contributed by atoms with Crippen LogP contribution in [-0.2, 0) is 0 Å². The van der Waals surface area contributed by atoms with Crippen LogP contribution < -0.4 is 33.0 Å². The number of anilines is 3. The Morgan fingerprint density at radius 1 is 1.08 bits per heavy atom. The molecule has 8 N–H and O–H groups in total. The van der Waals surface area contributed by atoms with Crippen LogP contribution in [0, 0.1) is 6.92 Å². The van der Waals surface area contributed by atoms with E-state index in [0.717, 1.165) is 11.3 Å². The summed E-state index contributed by atoms with van der Waals surface area (Å²) in [5.41, 5.74) is 15.5. The Bertz CT molecular complexity index is 704. The van der Waals surface area contributed by atoms with Crippen LogP contribution >= 0.6 is 0 Å². The van der Waals surface area contributed by atoms with Crippen LogP contribution in [0.3, 0.4) is 0 Å². The highest BCUT2D eigenvalue weighted by molar-refractivity contribution is 5.91. The van der Waals surface area contributed by atoms with Gasteiger partial charge in [-0.2, -0.15) is 0 Å². The maximum atomic E-state index is 11.1. The van der Waals surface area contributed by atoms with Crippen molar-refractivity contribution in [1.29, 1.82) is 0 Å². The van der Waals surface area contributed by atoms with Crippen LogP contribution in [0.1, 0.15) is 5.56 Å². The highest BCUT2D eigenvalue weighted by Crippen LogP contribution is 2.13. The van der Waals surface area contributed by atoms with Crippen molar-refractivity contribution in [2.24, 2.45) is 11.6 Å². The predicted molar refractivity (Wildman–Crippen MR) is 96.4 cm³/mol. The topological polar surface area (TPSA) is 140 Å². The second kappa shape index (κ2) is 9.01. The van der Waals surface area contributed by atoms with Crippen LogP contribution in [0.25, 0.3) is 0 Å². The lowest BCUT2D eigenvalue weighted by Crippen LogP contribution is -2.41. The molecule has 4 amide bonds. The fraction of sp³-hybridized carbons (Fsp3) is 0.125. The number of urea groups is 2. The van der Waals surface area contributed by atoms with E-state index in [0.29, 0.717) is 11.4 Å². The molecule has 0 unspecified atom stereocenters. The lowest BCUT2D eigenvalue weighted by atomic mass is 10.2. The Morgan fingerprint density at radius 2 is 1.75 bits per heavy atom. The molecule has 24 heavy (non-hydrogen) atoms. The minimum Gasteiger partial charge on any atom is -0.399 e. The number of hydrazine groups is 1. The van der Waals surface area contributed by atoms with Crippen LogP contribution in [0.2, 0.25) is 0 Å². The Hall–Kier alpha value is -3.26. The molecule has 8 heteroatoms. The molecule has 8 nitrogen and oxygen atoms in total. The van der Waals surface area contributed by atoms with E-state index in [-0.39, 0.29) is 6.03 Å². The number of amides is 4. The normalized spacial score (nSPS) is 9.29. The van der Waals surface area contributed by atoms with Crippen LogP contribution in [-0.4, -0.2) is 19.1 Å². The molecule has 2 aromatic rings. The molecule has 0 aliphatic carbocycles. The highest BCUT2D eigenvalue weighted by atomic mass is 16.2. The summed E-state index contributed by atoms with van der Waals surface area (Å²) in [6, 6.07) is 13.5. The van der Waals surface area contributed by atoms with Gasteiger partial charge < -0.3 is 16.8 Å². The Balaban J connectivity index is 0.000000243. The lowest BCUT2D eigenvalue weighted by molar-refractivity contribution is 0.247. The largest absolute Gasteiger partial charge is 0.399 e. The van der Waals surface area contributed by atoms with Gasteiger partial charge in [-0.25, -0.2) is 15.4 Å². The number of nitrogens with two attached hydrogens (primary N) is 3. The molecule has 0 aliphatic heterocycles. The number of nitrogens with zero attached hydrogens (tertiary/aromatic N) is 1. The van der Waals surface area contributed by atoms with Gasteiger partial charge in [0.05, 0.1) is 0 Å². The van der Waals surface area contributed by atoms with Gasteiger partial charge in [-0.15, -0.1) is 0 Å². The summed E-state index contributed by atoms with van der Waals surface area (Å²) in [5, 5.41) is 2.40. The first-order valence-corrected chi connectivity index (χ1v) is 7.06. The fourth-order valence-electron chi connectivity index (χ4n) is 1.81. The molecule has 0 aliphatic rings. The van der Waals surface area contributed by atoms with E-state index in [2.05, 4.69) is 10.7 Å². The van der Waals surface area contributed by atoms with Crippen molar-refractivity contribution >= 4 is 29.1 Å². The number of nitrogen functional groups attached to an aromatic ring is 1. The van der Waals surface area contributed by atoms with Crippen molar-refractivity contribution in [3.8, 4) is 0 Å². The zero-order chi connectivity index (χ0) is 18.1. The van der Waals surface area contributed by atoms with Crippen molar-refractivity contribution in [3.05, 3.63) is 54.1 Å². The van der Waals surface area contributed by atoms with Crippen molar-refractivity contribution in [3.63, 3.8) is 0 Å². The van der Waals surface area contributed by atoms with Crippen LogP contribution in [0.5, 0.6) is 0 Å². The van der Waals surface area contributed by atoms with E-state index >= 15 is 0 Å². The van der Waals surface area contributed by atoms with E-state index in [1.165, 1.54) is 4.90 Å². The zero-order valence-corrected chi connectivity index (χ0v) is 13.6. The molecule has 0 atom stereocenters. The SMILES string of the molecule is Cc1cccc(N(C)C(=O)NN)c1.NC(=O)Nc1cccc(N)c1. The molecule has 0 bridgehead atoms. The smallest absolute Gasteiger partial charge is 0.335 e. The van der Waals surface area contributed by atoms with Crippen LogP contribution in [0.15, 0.2) is 48.5 Å². The molecule has 0 saturated carbocycles. The number of carbonyl (C=O) groups excluding carboxylic acids is 2. The number of rotatable bonds is 2. The Labute approximate surface area is 140 Å². The predicted octanol–water partition coefficient (Wildman–Crippen LogP) is 1.77. The van der Waals surface area contributed by atoms with Crippen molar-refractivity contribution in [2.45, 2.75) is 6.92 Å². The first kappa shape index (κ1) is 18.8. The molecule has 2 rings (SSSR count). The molecular weight excluding hydrogens is 308 g/mol. The summed E-state index contributed by atoms with van der Waals surface area (Å²) in [6.07, 6.45) is 0. The van der Waals surface area contributed by atoms with Gasteiger partial charge in [-0.3, -0.25) is 10.3 Å². The number of carbonyl (C=O) groups is 2. The van der Waals surface area contributed by atoms with Gasteiger partial charge >= 0.3 is 12.1 Å². The number of benzene rings is 2. The number of hydrogen-bond acceptors (Lipinski definition) is 4. The molecule has 0 saturated heterocycles. The van der Waals surface area contributed by atoms with Crippen molar-refractivity contribution in [1.82, 2.24) is 5.43 Å². The first-order chi connectivity index (χ1) is 11.3. The van der Waals surface area contributed by atoms with Gasteiger partial charge in [0.15, 0.2) is 0 Å². The Kier molecular flexibility index (Phi) is 7.05.